The van der Waals surface area contributed by atoms with E-state index in [1.54, 1.807) is 20.8 Å². The zero-order valence-electron chi connectivity index (χ0n) is 16.8. The molecule has 2 heterocycles. The van der Waals surface area contributed by atoms with E-state index >= 15 is 0 Å². The van der Waals surface area contributed by atoms with E-state index < -0.39 is 17.3 Å². The first kappa shape index (κ1) is 20.0. The molecule has 0 unspecified atom stereocenters. The Hall–Kier alpha value is -2.33. The molecule has 2 saturated carbocycles. The van der Waals surface area contributed by atoms with Gasteiger partial charge >= 0.3 is 12.1 Å². The highest BCUT2D eigenvalue weighted by atomic mass is 32.1. The fourth-order valence-corrected chi connectivity index (χ4v) is 5.15. The van der Waals surface area contributed by atoms with Gasteiger partial charge in [0, 0.05) is 0 Å². The van der Waals surface area contributed by atoms with Gasteiger partial charge in [0.1, 0.15) is 11.2 Å². The molecule has 0 bridgehead atoms. The lowest BCUT2D eigenvalue weighted by Gasteiger charge is -2.60. The number of rotatable bonds is 3. The summed E-state index contributed by atoms with van der Waals surface area (Å²) in [6.45, 7) is 5.34. The largest absolute Gasteiger partial charge is 0.469 e. The van der Waals surface area contributed by atoms with E-state index in [2.05, 4.69) is 20.3 Å². The van der Waals surface area contributed by atoms with Gasteiger partial charge in [-0.1, -0.05) is 11.3 Å². The average molecular weight is 420 g/mol. The third kappa shape index (κ3) is 3.78. The van der Waals surface area contributed by atoms with Crippen molar-refractivity contribution in [3.8, 4) is 0 Å². The van der Waals surface area contributed by atoms with Gasteiger partial charge in [-0.3, -0.25) is 10.1 Å². The van der Waals surface area contributed by atoms with E-state index in [-0.39, 0.29) is 17.3 Å². The van der Waals surface area contributed by atoms with E-state index in [1.807, 2.05) is 0 Å². The maximum Gasteiger partial charge on any atom is 0.413 e. The second kappa shape index (κ2) is 6.60. The Bertz CT molecular complexity index is 969. The van der Waals surface area contributed by atoms with Crippen molar-refractivity contribution in [3.63, 3.8) is 0 Å². The number of nitrogens with zero attached hydrogens (tertiary/aromatic N) is 3. The molecule has 0 radical (unpaired) electrons. The van der Waals surface area contributed by atoms with Crippen LogP contribution in [0.2, 0.25) is 0 Å². The van der Waals surface area contributed by atoms with Crippen LogP contribution in [0.15, 0.2) is 6.20 Å². The van der Waals surface area contributed by atoms with Crippen LogP contribution in [-0.2, 0) is 19.9 Å². The number of anilines is 1. The van der Waals surface area contributed by atoms with Crippen LogP contribution in [0.3, 0.4) is 0 Å². The summed E-state index contributed by atoms with van der Waals surface area (Å²) in [6, 6.07) is 0. The minimum Gasteiger partial charge on any atom is -0.469 e. The SMILES string of the molecule is COC(=O)C1CC2(C1)CC(O)(c1cnc3nc(NC(=O)OC(C)(C)C)sc3n1)C2. The molecule has 4 rings (SSSR count). The first-order valence-corrected chi connectivity index (χ1v) is 10.3. The first-order valence-electron chi connectivity index (χ1n) is 9.45. The molecule has 10 heteroatoms. The molecular formula is C19H24N4O5S. The molecule has 1 spiro atoms. The van der Waals surface area contributed by atoms with E-state index in [9.17, 15) is 14.7 Å². The van der Waals surface area contributed by atoms with Crippen LogP contribution < -0.4 is 5.32 Å². The van der Waals surface area contributed by atoms with Crippen LogP contribution in [0.25, 0.3) is 10.5 Å². The highest BCUT2D eigenvalue weighted by molar-refractivity contribution is 7.21. The lowest BCUT2D eigenvalue weighted by atomic mass is 9.46. The number of ether oxygens (including phenoxy) is 2. The number of amides is 1. The Balaban J connectivity index is 1.43. The van der Waals surface area contributed by atoms with Gasteiger partial charge in [0.05, 0.1) is 24.9 Å². The van der Waals surface area contributed by atoms with Gasteiger partial charge < -0.3 is 14.6 Å². The Morgan fingerprint density at radius 2 is 1.97 bits per heavy atom. The molecule has 9 nitrogen and oxygen atoms in total. The minimum absolute atomic E-state index is 0.0125. The van der Waals surface area contributed by atoms with Crippen LogP contribution in [-0.4, -0.2) is 44.8 Å². The number of aromatic nitrogens is 3. The monoisotopic (exact) mass is 420 g/mol. The second-order valence-corrected chi connectivity index (χ2v) is 10.0. The fraction of sp³-hybridized carbons (Fsp3) is 0.632. The molecule has 2 aliphatic carbocycles. The van der Waals surface area contributed by atoms with Gasteiger partial charge in [0.15, 0.2) is 15.6 Å². The van der Waals surface area contributed by atoms with E-state index in [1.165, 1.54) is 24.6 Å². The molecule has 2 aliphatic rings. The van der Waals surface area contributed by atoms with Gasteiger partial charge in [-0.15, -0.1) is 0 Å². The van der Waals surface area contributed by atoms with Gasteiger partial charge in [-0.2, -0.15) is 4.98 Å². The molecule has 29 heavy (non-hydrogen) atoms. The first-order chi connectivity index (χ1) is 13.5. The summed E-state index contributed by atoms with van der Waals surface area (Å²) < 4.78 is 10.0. The maximum atomic E-state index is 11.9. The van der Waals surface area contributed by atoms with Gasteiger partial charge in [-0.05, 0) is 51.9 Å². The van der Waals surface area contributed by atoms with Gasteiger partial charge in [-0.25, -0.2) is 14.8 Å². The number of fused-ring (bicyclic) bond motifs is 1. The number of esters is 1. The van der Waals surface area contributed by atoms with Crippen molar-refractivity contribution < 1.29 is 24.2 Å². The van der Waals surface area contributed by atoms with Gasteiger partial charge in [0.2, 0.25) is 0 Å². The van der Waals surface area contributed by atoms with Crippen molar-refractivity contribution in [1.29, 1.82) is 0 Å². The molecule has 2 aromatic heterocycles. The Morgan fingerprint density at radius 1 is 1.28 bits per heavy atom. The van der Waals surface area contributed by atoms with Crippen molar-refractivity contribution >= 4 is 39.0 Å². The maximum absolute atomic E-state index is 11.9. The minimum atomic E-state index is -1.05. The third-order valence-corrected chi connectivity index (χ3v) is 6.29. The number of thiazole rings is 1. The molecule has 0 aromatic carbocycles. The summed E-state index contributed by atoms with van der Waals surface area (Å²) in [6.07, 6.45) is 3.51. The number of aliphatic hydroxyl groups is 1. The van der Waals surface area contributed by atoms with Crippen LogP contribution in [0.4, 0.5) is 9.93 Å². The van der Waals surface area contributed by atoms with Crippen LogP contribution in [0.1, 0.15) is 52.1 Å². The molecule has 2 aromatic rings. The van der Waals surface area contributed by atoms with Crippen LogP contribution in [0, 0.1) is 11.3 Å². The van der Waals surface area contributed by atoms with Crippen molar-refractivity contribution in [3.05, 3.63) is 11.9 Å². The lowest BCUT2D eigenvalue weighted by Crippen LogP contribution is -2.57. The lowest BCUT2D eigenvalue weighted by molar-refractivity contribution is -0.200. The Labute approximate surface area is 171 Å². The van der Waals surface area contributed by atoms with Gasteiger partial charge in [0.25, 0.3) is 0 Å². The average Bonchev–Trinajstić information content (AvgIpc) is 2.95. The number of carbonyl (C=O) groups is 2. The predicted octanol–water partition coefficient (Wildman–Crippen LogP) is 2.98. The zero-order valence-corrected chi connectivity index (χ0v) is 17.6. The smallest absolute Gasteiger partial charge is 0.413 e. The Morgan fingerprint density at radius 3 is 2.59 bits per heavy atom. The number of hydrogen-bond donors (Lipinski definition) is 2. The number of nitrogens with one attached hydrogen (secondary N) is 1. The summed E-state index contributed by atoms with van der Waals surface area (Å²) in [5, 5.41) is 13.9. The van der Waals surface area contributed by atoms with E-state index in [0.29, 0.717) is 34.1 Å². The fourth-order valence-electron chi connectivity index (χ4n) is 4.37. The molecule has 1 amide bonds. The van der Waals surface area contributed by atoms with Crippen molar-refractivity contribution in [1.82, 2.24) is 15.0 Å². The van der Waals surface area contributed by atoms with Crippen LogP contribution >= 0.6 is 11.3 Å². The van der Waals surface area contributed by atoms with E-state index in [0.717, 1.165) is 12.8 Å². The summed E-state index contributed by atoms with van der Waals surface area (Å²) in [5.74, 6) is -0.247. The second-order valence-electron chi connectivity index (χ2n) is 9.04. The van der Waals surface area contributed by atoms with Crippen LogP contribution in [0.5, 0.6) is 0 Å². The number of methoxy groups -OCH3 is 1. The molecular weight excluding hydrogens is 396 g/mol. The molecule has 2 fully saturated rings. The summed E-state index contributed by atoms with van der Waals surface area (Å²) in [5.41, 5.74) is -0.782. The van der Waals surface area contributed by atoms with Crippen molar-refractivity contribution in [2.45, 2.75) is 57.7 Å². The number of hydrogen-bond acceptors (Lipinski definition) is 9. The third-order valence-electron chi connectivity index (χ3n) is 5.44. The predicted molar refractivity (Wildman–Crippen MR) is 105 cm³/mol. The van der Waals surface area contributed by atoms with E-state index in [4.69, 9.17) is 9.47 Å². The summed E-state index contributed by atoms with van der Waals surface area (Å²) >= 11 is 1.17. The molecule has 0 saturated heterocycles. The zero-order chi connectivity index (χ0) is 21.0. The Kier molecular flexibility index (Phi) is 4.54. The molecule has 0 atom stereocenters. The quantitative estimate of drug-likeness (QED) is 0.727. The summed E-state index contributed by atoms with van der Waals surface area (Å²) in [7, 11) is 1.40. The normalized spacial score (nSPS) is 28.5. The molecule has 156 valence electrons. The highest BCUT2D eigenvalue weighted by Crippen LogP contribution is 2.65. The highest BCUT2D eigenvalue weighted by Gasteiger charge is 2.62. The summed E-state index contributed by atoms with van der Waals surface area (Å²) in [4.78, 5) is 37.1. The topological polar surface area (TPSA) is 124 Å². The molecule has 0 aliphatic heterocycles. The van der Waals surface area contributed by atoms with Crippen molar-refractivity contribution in [2.75, 3.05) is 12.4 Å². The number of carbonyl (C=O) groups excluding carboxylic acids is 2. The molecule has 2 N–H and O–H groups in total. The van der Waals surface area contributed by atoms with Crippen molar-refractivity contribution in [2.24, 2.45) is 11.3 Å². The standard InChI is InChI=1S/C19H24N4O5S/c1-17(2,3)28-16(25)23-15-22-12-13(29-15)21-11(7-20-12)19(26)8-18(9-19)5-10(6-18)14(24)27-4/h7,10,26H,5-6,8-9H2,1-4H3,(H,20,22,23,25).